The fraction of sp³-hybridized carbons (Fsp3) is 0.500. The zero-order chi connectivity index (χ0) is 18.4. The molecule has 26 heavy (non-hydrogen) atoms. The zero-order valence-corrected chi connectivity index (χ0v) is 14.8. The summed E-state index contributed by atoms with van der Waals surface area (Å²) in [7, 11) is 3.43. The van der Waals surface area contributed by atoms with Gasteiger partial charge in [-0.3, -0.25) is 14.4 Å². The van der Waals surface area contributed by atoms with E-state index in [1.165, 1.54) is 0 Å². The van der Waals surface area contributed by atoms with Gasteiger partial charge in [0, 0.05) is 51.9 Å². The topological polar surface area (TPSA) is 79.4 Å². The van der Waals surface area contributed by atoms with Crippen LogP contribution in [0.5, 0.6) is 11.5 Å². The lowest BCUT2D eigenvalue weighted by Gasteiger charge is -2.40. The smallest absolute Gasteiger partial charge is 0.231 e. The lowest BCUT2D eigenvalue weighted by Crippen LogP contribution is -2.57. The third kappa shape index (κ3) is 2.75. The number of nitrogens with zero attached hydrogens (tertiary/aromatic N) is 3. The molecule has 0 radical (unpaired) electrons. The van der Waals surface area contributed by atoms with Crippen LogP contribution in [0.1, 0.15) is 6.42 Å². The molecule has 8 nitrogen and oxygen atoms in total. The van der Waals surface area contributed by atoms with Gasteiger partial charge in [0.05, 0.1) is 11.8 Å². The molecule has 0 spiro atoms. The summed E-state index contributed by atoms with van der Waals surface area (Å²) in [5.41, 5.74) is 0.707. The van der Waals surface area contributed by atoms with Gasteiger partial charge in [-0.25, -0.2) is 0 Å². The van der Waals surface area contributed by atoms with E-state index < -0.39 is 0 Å². The molecule has 3 aliphatic rings. The molecule has 0 aromatic heterocycles. The van der Waals surface area contributed by atoms with Crippen LogP contribution in [0.25, 0.3) is 0 Å². The van der Waals surface area contributed by atoms with Gasteiger partial charge in [0.1, 0.15) is 0 Å². The van der Waals surface area contributed by atoms with E-state index in [9.17, 15) is 14.4 Å². The second kappa shape index (κ2) is 6.19. The van der Waals surface area contributed by atoms with E-state index in [2.05, 4.69) is 0 Å². The maximum atomic E-state index is 12.7. The molecule has 1 atom stereocenters. The Bertz CT molecular complexity index is 772. The van der Waals surface area contributed by atoms with Gasteiger partial charge in [-0.05, 0) is 12.1 Å². The predicted molar refractivity (Wildman–Crippen MR) is 91.8 cm³/mol. The number of ether oxygens (including phenoxy) is 2. The lowest BCUT2D eigenvalue weighted by molar-refractivity contribution is -0.149. The monoisotopic (exact) mass is 359 g/mol. The molecule has 2 saturated heterocycles. The number of rotatable bonds is 3. The number of benzene rings is 1. The summed E-state index contributed by atoms with van der Waals surface area (Å²) in [6.07, 6.45) is 0.191. The van der Waals surface area contributed by atoms with Crippen molar-refractivity contribution in [1.82, 2.24) is 9.80 Å². The van der Waals surface area contributed by atoms with Crippen molar-refractivity contribution in [2.75, 3.05) is 45.4 Å². The first-order chi connectivity index (χ1) is 12.4. The highest BCUT2D eigenvalue weighted by molar-refractivity contribution is 6.01. The van der Waals surface area contributed by atoms with Gasteiger partial charge in [0.2, 0.25) is 24.5 Å². The number of amides is 3. The Kier molecular flexibility index (Phi) is 3.97. The van der Waals surface area contributed by atoms with Crippen LogP contribution in [0.4, 0.5) is 5.69 Å². The van der Waals surface area contributed by atoms with Gasteiger partial charge >= 0.3 is 0 Å². The predicted octanol–water partition coefficient (Wildman–Crippen LogP) is 0.315. The number of carbonyl (C=O) groups excluding carboxylic acids is 3. The summed E-state index contributed by atoms with van der Waals surface area (Å²) >= 11 is 0. The molecule has 3 heterocycles. The van der Waals surface area contributed by atoms with Gasteiger partial charge in [0.25, 0.3) is 0 Å². The van der Waals surface area contributed by atoms with Crippen molar-refractivity contribution in [1.29, 1.82) is 0 Å². The molecule has 0 bridgehead atoms. The summed E-state index contributed by atoms with van der Waals surface area (Å²) in [4.78, 5) is 41.8. The molecule has 138 valence electrons. The van der Waals surface area contributed by atoms with Crippen LogP contribution in [0.15, 0.2) is 18.2 Å². The summed E-state index contributed by atoms with van der Waals surface area (Å²) in [6, 6.07) is 5.34. The van der Waals surface area contributed by atoms with Crippen molar-refractivity contribution in [3.63, 3.8) is 0 Å². The van der Waals surface area contributed by atoms with E-state index in [4.69, 9.17) is 9.47 Å². The highest BCUT2D eigenvalue weighted by Gasteiger charge is 2.43. The average molecular weight is 359 g/mol. The Hall–Kier alpha value is -2.77. The zero-order valence-electron chi connectivity index (χ0n) is 14.8. The van der Waals surface area contributed by atoms with E-state index in [0.717, 1.165) is 0 Å². The quantitative estimate of drug-likeness (QED) is 0.776. The molecule has 1 aromatic carbocycles. The number of fused-ring (bicyclic) bond motifs is 1. The van der Waals surface area contributed by atoms with E-state index in [1.807, 2.05) is 0 Å². The minimum Gasteiger partial charge on any atom is -0.454 e. The largest absolute Gasteiger partial charge is 0.454 e. The number of hydrogen-bond donors (Lipinski definition) is 0. The average Bonchev–Trinajstić information content (AvgIpc) is 3.18. The molecule has 0 aliphatic carbocycles. The Balaban J connectivity index is 1.39. The second-order valence-corrected chi connectivity index (χ2v) is 7.12. The third-order valence-electron chi connectivity index (χ3n) is 5.13. The van der Waals surface area contributed by atoms with Gasteiger partial charge in [-0.15, -0.1) is 0 Å². The number of likely N-dealkylation sites (tertiary alicyclic amines) is 1. The molecule has 0 N–H and O–H groups in total. The standard InChI is InChI=1S/C18H21N3O5/c1-19(2)17(23)12-7-20(8-12)18(24)11-5-16(22)21(9-11)13-3-4-14-15(6-13)26-10-25-14/h3-4,6,11-12H,5,7-10H2,1-2H3. The van der Waals surface area contributed by atoms with E-state index in [-0.39, 0.29) is 42.8 Å². The van der Waals surface area contributed by atoms with Crippen LogP contribution < -0.4 is 14.4 Å². The maximum Gasteiger partial charge on any atom is 0.231 e. The van der Waals surface area contributed by atoms with Crippen LogP contribution >= 0.6 is 0 Å². The van der Waals surface area contributed by atoms with E-state index in [0.29, 0.717) is 36.8 Å². The molecule has 1 aromatic rings. The van der Waals surface area contributed by atoms with Crippen molar-refractivity contribution < 1.29 is 23.9 Å². The molecule has 3 aliphatic heterocycles. The van der Waals surface area contributed by atoms with Gasteiger partial charge in [0.15, 0.2) is 11.5 Å². The van der Waals surface area contributed by atoms with Crippen molar-refractivity contribution in [2.45, 2.75) is 6.42 Å². The summed E-state index contributed by atoms with van der Waals surface area (Å²) in [5.74, 6) is 0.675. The number of anilines is 1. The van der Waals surface area contributed by atoms with Crippen LogP contribution in [0.3, 0.4) is 0 Å². The lowest BCUT2D eigenvalue weighted by atomic mass is 9.95. The molecule has 1 unspecified atom stereocenters. The molecule has 4 rings (SSSR count). The third-order valence-corrected chi connectivity index (χ3v) is 5.13. The fourth-order valence-electron chi connectivity index (χ4n) is 3.61. The Morgan fingerprint density at radius 2 is 1.81 bits per heavy atom. The normalized spacial score (nSPS) is 21.8. The molecule has 3 amide bonds. The Morgan fingerprint density at radius 1 is 1.08 bits per heavy atom. The SMILES string of the molecule is CN(C)C(=O)C1CN(C(=O)C2CC(=O)N(c3ccc4c(c3)OCO4)C2)C1. The Morgan fingerprint density at radius 3 is 2.54 bits per heavy atom. The minimum absolute atomic E-state index is 0.0403. The van der Waals surface area contributed by atoms with Crippen LogP contribution in [-0.4, -0.2) is 68.0 Å². The first-order valence-corrected chi connectivity index (χ1v) is 8.64. The summed E-state index contributed by atoms with van der Waals surface area (Å²) < 4.78 is 10.6. The molecular weight excluding hydrogens is 338 g/mol. The highest BCUT2D eigenvalue weighted by Crippen LogP contribution is 2.37. The van der Waals surface area contributed by atoms with Crippen LogP contribution in [0.2, 0.25) is 0 Å². The van der Waals surface area contributed by atoms with Crippen molar-refractivity contribution in [3.8, 4) is 11.5 Å². The first-order valence-electron chi connectivity index (χ1n) is 8.64. The molecule has 0 saturated carbocycles. The second-order valence-electron chi connectivity index (χ2n) is 7.12. The summed E-state index contributed by atoms with van der Waals surface area (Å²) in [5, 5.41) is 0. The summed E-state index contributed by atoms with van der Waals surface area (Å²) in [6.45, 7) is 1.39. The van der Waals surface area contributed by atoms with Crippen LogP contribution in [0, 0.1) is 11.8 Å². The van der Waals surface area contributed by atoms with Gasteiger partial charge < -0.3 is 24.2 Å². The van der Waals surface area contributed by atoms with Crippen molar-refractivity contribution in [2.24, 2.45) is 11.8 Å². The van der Waals surface area contributed by atoms with E-state index in [1.54, 1.807) is 47.0 Å². The van der Waals surface area contributed by atoms with E-state index >= 15 is 0 Å². The maximum absolute atomic E-state index is 12.7. The van der Waals surface area contributed by atoms with Gasteiger partial charge in [-0.1, -0.05) is 0 Å². The van der Waals surface area contributed by atoms with Crippen molar-refractivity contribution in [3.05, 3.63) is 18.2 Å². The highest BCUT2D eigenvalue weighted by atomic mass is 16.7. The number of hydrogen-bond acceptors (Lipinski definition) is 5. The molecule has 2 fully saturated rings. The Labute approximate surface area is 151 Å². The minimum atomic E-state index is -0.372. The number of carbonyl (C=O) groups is 3. The molecular formula is C18H21N3O5. The molecule has 8 heteroatoms. The van der Waals surface area contributed by atoms with Crippen molar-refractivity contribution >= 4 is 23.4 Å². The first kappa shape index (κ1) is 16.7. The van der Waals surface area contributed by atoms with Gasteiger partial charge in [-0.2, -0.15) is 0 Å². The van der Waals surface area contributed by atoms with Crippen LogP contribution in [-0.2, 0) is 14.4 Å². The fourth-order valence-corrected chi connectivity index (χ4v) is 3.61.